The van der Waals surface area contributed by atoms with Gasteiger partial charge >= 0.3 is 12.0 Å². The first-order valence-corrected chi connectivity index (χ1v) is 5.42. The quantitative estimate of drug-likeness (QED) is 0.718. The minimum absolute atomic E-state index is 0.0663. The number of hydrogen-bond acceptors (Lipinski definition) is 5. The Morgan fingerprint density at radius 1 is 1.19 bits per heavy atom. The van der Waals surface area contributed by atoms with E-state index in [4.69, 9.17) is 21.1 Å². The van der Waals surface area contributed by atoms with E-state index in [0.29, 0.717) is 13.2 Å². The predicted octanol–water partition coefficient (Wildman–Crippen LogP) is 2.27. The second-order valence-corrected chi connectivity index (χ2v) is 3.24. The fraction of sp³-hybridized carbons (Fsp3) is 0.500. The van der Waals surface area contributed by atoms with E-state index in [2.05, 4.69) is 15.0 Å². The Balaban J connectivity index is 2.65. The zero-order valence-corrected chi connectivity index (χ0v) is 10.1. The maximum Gasteiger partial charge on any atom is 0.324 e. The van der Waals surface area contributed by atoms with Crippen LogP contribution in [-0.2, 0) is 0 Å². The second-order valence-electron chi connectivity index (χ2n) is 2.90. The maximum absolute atomic E-state index is 5.70. The van der Waals surface area contributed by atoms with Crippen LogP contribution in [0.15, 0.2) is 12.2 Å². The molecule has 1 rings (SSSR count). The van der Waals surface area contributed by atoms with Crippen molar-refractivity contribution in [2.75, 3.05) is 13.2 Å². The average Bonchev–Trinajstić information content (AvgIpc) is 2.26. The molecule has 16 heavy (non-hydrogen) atoms. The summed E-state index contributed by atoms with van der Waals surface area (Å²) >= 11 is 5.70. The summed E-state index contributed by atoms with van der Waals surface area (Å²) < 4.78 is 10.5. The Morgan fingerprint density at radius 3 is 2.50 bits per heavy atom. The van der Waals surface area contributed by atoms with Crippen LogP contribution in [0.5, 0.6) is 12.0 Å². The highest BCUT2D eigenvalue weighted by Crippen LogP contribution is 2.13. The van der Waals surface area contributed by atoms with Crippen molar-refractivity contribution in [1.29, 1.82) is 0 Å². The molecule has 1 aromatic rings. The highest BCUT2D eigenvalue weighted by atomic mass is 35.5. The van der Waals surface area contributed by atoms with Crippen molar-refractivity contribution < 1.29 is 9.47 Å². The van der Waals surface area contributed by atoms with Crippen molar-refractivity contribution in [2.24, 2.45) is 0 Å². The molecule has 0 unspecified atom stereocenters. The summed E-state index contributed by atoms with van der Waals surface area (Å²) in [6.07, 6.45) is 4.58. The molecule has 0 spiro atoms. The van der Waals surface area contributed by atoms with E-state index in [0.717, 1.165) is 6.42 Å². The van der Waals surface area contributed by atoms with Crippen molar-refractivity contribution in [2.45, 2.75) is 20.3 Å². The first kappa shape index (κ1) is 12.7. The second kappa shape index (κ2) is 7.00. The molecule has 0 saturated carbocycles. The lowest BCUT2D eigenvalue weighted by Crippen LogP contribution is -2.05. The topological polar surface area (TPSA) is 57.1 Å². The van der Waals surface area contributed by atoms with E-state index < -0.39 is 0 Å². The molecule has 6 heteroatoms. The molecule has 0 aromatic carbocycles. The monoisotopic (exact) mass is 243 g/mol. The van der Waals surface area contributed by atoms with Crippen LogP contribution in [0.4, 0.5) is 0 Å². The molecule has 0 N–H and O–H groups in total. The molecule has 0 amide bonds. The highest BCUT2D eigenvalue weighted by Gasteiger charge is 2.06. The fourth-order valence-corrected chi connectivity index (χ4v) is 1.00. The van der Waals surface area contributed by atoms with Crippen molar-refractivity contribution in [3.63, 3.8) is 0 Å². The van der Waals surface area contributed by atoms with Crippen LogP contribution >= 0.6 is 11.6 Å². The Labute approximate surface area is 99.5 Å². The number of rotatable bonds is 6. The van der Waals surface area contributed by atoms with E-state index >= 15 is 0 Å². The van der Waals surface area contributed by atoms with Gasteiger partial charge in [-0.3, -0.25) is 0 Å². The van der Waals surface area contributed by atoms with Crippen LogP contribution < -0.4 is 9.47 Å². The Hall–Kier alpha value is -1.36. The zero-order valence-electron chi connectivity index (χ0n) is 9.31. The molecule has 0 saturated heterocycles. The Kier molecular flexibility index (Phi) is 5.56. The van der Waals surface area contributed by atoms with E-state index in [-0.39, 0.29) is 17.3 Å². The molecule has 0 aliphatic heterocycles. The van der Waals surface area contributed by atoms with Gasteiger partial charge in [-0.05, 0) is 24.9 Å². The van der Waals surface area contributed by atoms with Gasteiger partial charge in [-0.25, -0.2) is 0 Å². The van der Waals surface area contributed by atoms with Crippen LogP contribution in [0.1, 0.15) is 20.3 Å². The number of hydrogen-bond donors (Lipinski definition) is 0. The number of aromatic nitrogens is 3. The maximum atomic E-state index is 5.70. The zero-order chi connectivity index (χ0) is 11.8. The fourth-order valence-electron chi connectivity index (χ4n) is 0.856. The molecular formula is C10H14ClN3O2. The van der Waals surface area contributed by atoms with Gasteiger partial charge in [-0.2, -0.15) is 9.97 Å². The number of halogens is 1. The SMILES string of the molecule is CC=CCOc1nc(Cl)nc(OCCC)n1. The van der Waals surface area contributed by atoms with E-state index in [1.165, 1.54) is 0 Å². The Bertz CT molecular complexity index is 358. The number of nitrogens with zero attached hydrogens (tertiary/aromatic N) is 3. The molecule has 0 aliphatic rings. The summed E-state index contributed by atoms with van der Waals surface area (Å²) in [4.78, 5) is 11.6. The minimum atomic E-state index is 0.0663. The highest BCUT2D eigenvalue weighted by molar-refractivity contribution is 6.28. The minimum Gasteiger partial charge on any atom is -0.463 e. The predicted molar refractivity (Wildman–Crippen MR) is 60.9 cm³/mol. The van der Waals surface area contributed by atoms with Gasteiger partial charge in [0.05, 0.1) is 6.61 Å². The first-order chi connectivity index (χ1) is 7.76. The molecule has 5 nitrogen and oxygen atoms in total. The molecule has 0 radical (unpaired) electrons. The summed E-state index contributed by atoms with van der Waals surface area (Å²) in [6, 6.07) is 0.363. The van der Waals surface area contributed by atoms with Gasteiger partial charge in [0.1, 0.15) is 6.61 Å². The summed E-state index contributed by atoms with van der Waals surface area (Å²) in [5.74, 6) is 0. The summed E-state index contributed by atoms with van der Waals surface area (Å²) in [5, 5.41) is 0.0663. The molecule has 1 heterocycles. The standard InChI is InChI=1S/C10H14ClN3O2/c1-3-5-7-16-10-13-8(11)12-9(14-10)15-6-4-2/h3,5H,4,6-7H2,1-2H3. The van der Waals surface area contributed by atoms with Crippen LogP contribution in [0.3, 0.4) is 0 Å². The lowest BCUT2D eigenvalue weighted by atomic mass is 10.5. The smallest absolute Gasteiger partial charge is 0.324 e. The van der Waals surface area contributed by atoms with Crippen LogP contribution in [-0.4, -0.2) is 28.2 Å². The van der Waals surface area contributed by atoms with Gasteiger partial charge in [-0.1, -0.05) is 19.1 Å². The Morgan fingerprint density at radius 2 is 1.88 bits per heavy atom. The largest absolute Gasteiger partial charge is 0.463 e. The van der Waals surface area contributed by atoms with Crippen LogP contribution in [0.2, 0.25) is 5.28 Å². The first-order valence-electron chi connectivity index (χ1n) is 5.04. The van der Waals surface area contributed by atoms with Gasteiger partial charge < -0.3 is 9.47 Å². The molecule has 88 valence electrons. The average molecular weight is 244 g/mol. The molecule has 0 bridgehead atoms. The van der Waals surface area contributed by atoms with Crippen LogP contribution in [0, 0.1) is 0 Å². The van der Waals surface area contributed by atoms with Gasteiger partial charge in [0.2, 0.25) is 5.28 Å². The van der Waals surface area contributed by atoms with Gasteiger partial charge in [0.25, 0.3) is 0 Å². The van der Waals surface area contributed by atoms with Crippen LogP contribution in [0.25, 0.3) is 0 Å². The normalized spacial score (nSPS) is 10.7. The van der Waals surface area contributed by atoms with Crippen molar-refractivity contribution in [3.8, 4) is 12.0 Å². The van der Waals surface area contributed by atoms with E-state index in [1.807, 2.05) is 26.0 Å². The van der Waals surface area contributed by atoms with Gasteiger partial charge in [0.15, 0.2) is 0 Å². The molecular weight excluding hydrogens is 230 g/mol. The van der Waals surface area contributed by atoms with Crippen molar-refractivity contribution in [3.05, 3.63) is 17.4 Å². The third-order valence-electron chi connectivity index (χ3n) is 1.55. The number of allylic oxidation sites excluding steroid dienone is 1. The lowest BCUT2D eigenvalue weighted by Gasteiger charge is -2.04. The third-order valence-corrected chi connectivity index (χ3v) is 1.72. The third kappa shape index (κ3) is 4.44. The lowest BCUT2D eigenvalue weighted by molar-refractivity contribution is 0.274. The van der Waals surface area contributed by atoms with E-state index in [1.54, 1.807) is 0 Å². The molecule has 1 aromatic heterocycles. The van der Waals surface area contributed by atoms with Gasteiger partial charge in [-0.15, -0.1) is 4.98 Å². The molecule has 0 atom stereocenters. The number of ether oxygens (including phenoxy) is 2. The molecule has 0 aliphatic carbocycles. The van der Waals surface area contributed by atoms with E-state index in [9.17, 15) is 0 Å². The van der Waals surface area contributed by atoms with Crippen molar-refractivity contribution in [1.82, 2.24) is 15.0 Å². The van der Waals surface area contributed by atoms with Crippen molar-refractivity contribution >= 4 is 11.6 Å². The summed E-state index contributed by atoms with van der Waals surface area (Å²) in [7, 11) is 0. The summed E-state index contributed by atoms with van der Waals surface area (Å²) in [5.41, 5.74) is 0. The van der Waals surface area contributed by atoms with Gasteiger partial charge in [0, 0.05) is 0 Å². The molecule has 0 fully saturated rings. The summed E-state index contributed by atoms with van der Waals surface area (Å²) in [6.45, 7) is 4.82.